The van der Waals surface area contributed by atoms with E-state index in [4.69, 9.17) is 9.47 Å². The molecular weight excluding hydrogens is 280 g/mol. The molecule has 0 aliphatic heterocycles. The van der Waals surface area contributed by atoms with Crippen LogP contribution in [0.3, 0.4) is 0 Å². The van der Waals surface area contributed by atoms with Crippen molar-refractivity contribution >= 4 is 11.6 Å². The smallest absolute Gasteiger partial charge is 0.241 e. The highest BCUT2D eigenvalue weighted by Crippen LogP contribution is 2.17. The van der Waals surface area contributed by atoms with E-state index in [9.17, 15) is 4.79 Å². The summed E-state index contributed by atoms with van der Waals surface area (Å²) >= 11 is 0. The van der Waals surface area contributed by atoms with E-state index >= 15 is 0 Å². The summed E-state index contributed by atoms with van der Waals surface area (Å²) in [6.45, 7) is 7.18. The average Bonchev–Trinajstić information content (AvgIpc) is 2.53. The molecule has 0 saturated heterocycles. The van der Waals surface area contributed by atoms with E-state index in [1.165, 1.54) is 0 Å². The van der Waals surface area contributed by atoms with Gasteiger partial charge < -0.3 is 19.7 Å². The highest BCUT2D eigenvalue weighted by Gasteiger charge is 2.11. The predicted octanol–water partition coefficient (Wildman–Crippen LogP) is 2.77. The number of ether oxygens (including phenoxy) is 2. The van der Waals surface area contributed by atoms with Gasteiger partial charge >= 0.3 is 0 Å². The normalized spacial score (nSPS) is 10.3. The number of nitrogens with one attached hydrogen (secondary N) is 1. The van der Waals surface area contributed by atoms with E-state index < -0.39 is 0 Å². The summed E-state index contributed by atoms with van der Waals surface area (Å²) in [5.41, 5.74) is 0.885. The predicted molar refractivity (Wildman–Crippen MR) is 89.5 cm³/mol. The van der Waals surface area contributed by atoms with Crippen molar-refractivity contribution in [3.63, 3.8) is 0 Å². The molecule has 0 aliphatic rings. The second-order valence-corrected chi connectivity index (χ2v) is 5.10. The van der Waals surface area contributed by atoms with Crippen LogP contribution in [0.2, 0.25) is 0 Å². The molecule has 0 spiro atoms. The Morgan fingerprint density at radius 2 is 1.91 bits per heavy atom. The number of benzene rings is 1. The molecule has 0 atom stereocenters. The molecule has 0 saturated carbocycles. The quantitative estimate of drug-likeness (QED) is 0.639. The fraction of sp³-hybridized carbons (Fsp3) is 0.588. The summed E-state index contributed by atoms with van der Waals surface area (Å²) < 4.78 is 10.5. The minimum Gasteiger partial charge on any atom is -0.491 e. The lowest BCUT2D eigenvalue weighted by Crippen LogP contribution is -2.36. The average molecular weight is 308 g/mol. The fourth-order valence-corrected chi connectivity index (χ4v) is 2.13. The highest BCUT2D eigenvalue weighted by atomic mass is 16.5. The third-order valence-electron chi connectivity index (χ3n) is 3.17. The summed E-state index contributed by atoms with van der Waals surface area (Å²) in [6.07, 6.45) is 1.96. The Hall–Kier alpha value is -1.75. The van der Waals surface area contributed by atoms with Crippen molar-refractivity contribution in [3.05, 3.63) is 24.3 Å². The molecule has 1 aromatic carbocycles. The van der Waals surface area contributed by atoms with Crippen LogP contribution in [0.5, 0.6) is 5.75 Å². The van der Waals surface area contributed by atoms with Gasteiger partial charge in [-0.15, -0.1) is 0 Å². The molecule has 1 amide bonds. The summed E-state index contributed by atoms with van der Waals surface area (Å²) in [7, 11) is 1.64. The molecule has 0 bridgehead atoms. The van der Waals surface area contributed by atoms with Crippen molar-refractivity contribution in [3.8, 4) is 5.75 Å². The Labute approximate surface area is 133 Å². The third-order valence-corrected chi connectivity index (χ3v) is 3.17. The van der Waals surface area contributed by atoms with Crippen molar-refractivity contribution < 1.29 is 14.3 Å². The van der Waals surface area contributed by atoms with Crippen molar-refractivity contribution in [2.24, 2.45) is 0 Å². The Kier molecular flexibility index (Phi) is 9.07. The topological polar surface area (TPSA) is 50.8 Å². The summed E-state index contributed by atoms with van der Waals surface area (Å²) in [5, 5.41) is 3.17. The first-order valence-electron chi connectivity index (χ1n) is 7.94. The SMILES string of the molecule is CCCN(CCC)C(=O)CNc1cccc(OCCOC)c1. The molecule has 22 heavy (non-hydrogen) atoms. The van der Waals surface area contributed by atoms with Gasteiger partial charge in [0.1, 0.15) is 12.4 Å². The van der Waals surface area contributed by atoms with Gasteiger partial charge in [0.2, 0.25) is 5.91 Å². The van der Waals surface area contributed by atoms with Gasteiger partial charge in [0.15, 0.2) is 0 Å². The molecule has 5 nitrogen and oxygen atoms in total. The lowest BCUT2D eigenvalue weighted by atomic mass is 10.3. The Morgan fingerprint density at radius 1 is 1.18 bits per heavy atom. The standard InChI is InChI=1S/C17H28N2O3/c1-4-9-19(10-5-2)17(20)14-18-15-7-6-8-16(13-15)22-12-11-21-3/h6-8,13,18H,4-5,9-12,14H2,1-3H3. The number of hydrogen-bond donors (Lipinski definition) is 1. The molecule has 0 aromatic heterocycles. The van der Waals surface area contributed by atoms with E-state index in [-0.39, 0.29) is 5.91 Å². The molecule has 0 radical (unpaired) electrons. The van der Waals surface area contributed by atoms with E-state index in [0.29, 0.717) is 19.8 Å². The van der Waals surface area contributed by atoms with Crippen LogP contribution in [0.15, 0.2) is 24.3 Å². The number of carbonyl (C=O) groups excluding carboxylic acids is 1. The van der Waals surface area contributed by atoms with Crippen LogP contribution in [0.1, 0.15) is 26.7 Å². The lowest BCUT2D eigenvalue weighted by molar-refractivity contribution is -0.129. The molecule has 0 heterocycles. The van der Waals surface area contributed by atoms with Gasteiger partial charge in [0, 0.05) is 32.0 Å². The largest absolute Gasteiger partial charge is 0.491 e. The van der Waals surface area contributed by atoms with Gasteiger partial charge in [-0.3, -0.25) is 4.79 Å². The Bertz CT molecular complexity index is 432. The van der Waals surface area contributed by atoms with E-state index in [1.807, 2.05) is 29.2 Å². The molecule has 1 aromatic rings. The zero-order chi connectivity index (χ0) is 16.2. The number of carbonyl (C=O) groups is 1. The van der Waals surface area contributed by atoms with Crippen LogP contribution in [0.25, 0.3) is 0 Å². The van der Waals surface area contributed by atoms with Gasteiger partial charge in [-0.1, -0.05) is 19.9 Å². The van der Waals surface area contributed by atoms with Crippen LogP contribution >= 0.6 is 0 Å². The zero-order valence-electron chi connectivity index (χ0n) is 13.9. The maximum Gasteiger partial charge on any atom is 0.241 e. The molecular formula is C17H28N2O3. The number of anilines is 1. The number of hydrogen-bond acceptors (Lipinski definition) is 4. The maximum atomic E-state index is 12.2. The van der Waals surface area contributed by atoms with Gasteiger partial charge in [0.25, 0.3) is 0 Å². The third kappa shape index (κ3) is 6.80. The van der Waals surface area contributed by atoms with Gasteiger partial charge in [0.05, 0.1) is 13.2 Å². The summed E-state index contributed by atoms with van der Waals surface area (Å²) in [5.74, 6) is 0.905. The highest BCUT2D eigenvalue weighted by molar-refractivity contribution is 5.80. The molecule has 5 heteroatoms. The zero-order valence-corrected chi connectivity index (χ0v) is 13.9. The van der Waals surface area contributed by atoms with E-state index in [2.05, 4.69) is 19.2 Å². The molecule has 1 N–H and O–H groups in total. The van der Waals surface area contributed by atoms with Crippen LogP contribution in [0.4, 0.5) is 5.69 Å². The maximum absolute atomic E-state index is 12.2. The first-order valence-corrected chi connectivity index (χ1v) is 7.94. The van der Waals surface area contributed by atoms with Crippen LogP contribution in [0, 0.1) is 0 Å². The van der Waals surface area contributed by atoms with Crippen molar-refractivity contribution in [2.75, 3.05) is 45.3 Å². The van der Waals surface area contributed by atoms with Crippen LogP contribution in [-0.2, 0) is 9.53 Å². The Balaban J connectivity index is 2.48. The monoisotopic (exact) mass is 308 g/mol. The van der Waals surface area contributed by atoms with Crippen LogP contribution in [-0.4, -0.2) is 50.8 Å². The minimum atomic E-state index is 0.134. The molecule has 1 rings (SSSR count). The minimum absolute atomic E-state index is 0.134. The van der Waals surface area contributed by atoms with Gasteiger partial charge in [-0.25, -0.2) is 0 Å². The van der Waals surface area contributed by atoms with E-state index in [0.717, 1.165) is 37.4 Å². The molecule has 124 valence electrons. The summed E-state index contributed by atoms with van der Waals surface area (Å²) in [6, 6.07) is 7.63. The first-order chi connectivity index (χ1) is 10.7. The van der Waals surface area contributed by atoms with Crippen LogP contribution < -0.4 is 10.1 Å². The molecule has 0 aliphatic carbocycles. The van der Waals surface area contributed by atoms with Gasteiger partial charge in [-0.05, 0) is 25.0 Å². The van der Waals surface area contributed by atoms with Crippen molar-refractivity contribution in [2.45, 2.75) is 26.7 Å². The molecule has 0 fully saturated rings. The number of methoxy groups -OCH3 is 1. The molecule has 0 unspecified atom stereocenters. The second-order valence-electron chi connectivity index (χ2n) is 5.10. The first kappa shape index (κ1) is 18.3. The number of nitrogens with zero attached hydrogens (tertiary/aromatic N) is 1. The fourth-order valence-electron chi connectivity index (χ4n) is 2.13. The second kappa shape index (κ2) is 10.9. The summed E-state index contributed by atoms with van der Waals surface area (Å²) in [4.78, 5) is 14.1. The lowest BCUT2D eigenvalue weighted by Gasteiger charge is -2.22. The Morgan fingerprint density at radius 3 is 2.55 bits per heavy atom. The van der Waals surface area contributed by atoms with Crippen molar-refractivity contribution in [1.82, 2.24) is 4.90 Å². The van der Waals surface area contributed by atoms with Crippen molar-refractivity contribution in [1.29, 1.82) is 0 Å². The number of rotatable bonds is 11. The van der Waals surface area contributed by atoms with E-state index in [1.54, 1.807) is 7.11 Å². The van der Waals surface area contributed by atoms with Gasteiger partial charge in [-0.2, -0.15) is 0 Å². The number of amides is 1.